The Kier molecular flexibility index (Phi) is 4.86. The van der Waals surface area contributed by atoms with Gasteiger partial charge in [-0.15, -0.1) is 0 Å². The predicted octanol–water partition coefficient (Wildman–Crippen LogP) is 3.68. The summed E-state index contributed by atoms with van der Waals surface area (Å²) in [5.74, 6) is 0. The molecule has 0 aliphatic rings. The van der Waals surface area contributed by atoms with Gasteiger partial charge in [-0.2, -0.15) is 5.10 Å². The van der Waals surface area contributed by atoms with E-state index in [1.54, 1.807) is 4.68 Å². The zero-order valence-electron chi connectivity index (χ0n) is 10.7. The maximum atomic E-state index is 9.40. The Hall–Kier alpha value is -1.03. The molecular weight excluding hydrogens is 283 g/mol. The van der Waals surface area contributed by atoms with Crippen LogP contribution in [-0.2, 0) is 19.6 Å². The van der Waals surface area contributed by atoms with Crippen LogP contribution in [0.3, 0.4) is 0 Å². The molecule has 0 aliphatic heterocycles. The fraction of sp³-hybridized carbons (Fsp3) is 0.357. The SMILES string of the molecule is CCCc1nn(Cc2ccccc2Cl)c(Cl)c1CO. The Morgan fingerprint density at radius 3 is 2.63 bits per heavy atom. The van der Waals surface area contributed by atoms with Crippen LogP contribution in [0.4, 0.5) is 0 Å². The van der Waals surface area contributed by atoms with E-state index < -0.39 is 0 Å². The van der Waals surface area contributed by atoms with E-state index >= 15 is 0 Å². The van der Waals surface area contributed by atoms with Crippen LogP contribution in [0, 0.1) is 0 Å². The summed E-state index contributed by atoms with van der Waals surface area (Å²) < 4.78 is 1.69. The van der Waals surface area contributed by atoms with Gasteiger partial charge in [0.2, 0.25) is 0 Å². The normalized spacial score (nSPS) is 10.9. The monoisotopic (exact) mass is 298 g/mol. The van der Waals surface area contributed by atoms with Crippen LogP contribution in [0.5, 0.6) is 0 Å². The molecule has 1 aromatic carbocycles. The number of rotatable bonds is 5. The van der Waals surface area contributed by atoms with Crippen molar-refractivity contribution in [3.63, 3.8) is 0 Å². The summed E-state index contributed by atoms with van der Waals surface area (Å²) in [5.41, 5.74) is 2.54. The number of hydrogen-bond acceptors (Lipinski definition) is 2. The lowest BCUT2D eigenvalue weighted by atomic mass is 10.2. The number of aliphatic hydroxyl groups is 1. The molecule has 0 amide bonds. The summed E-state index contributed by atoms with van der Waals surface area (Å²) in [5, 5.41) is 15.1. The van der Waals surface area contributed by atoms with E-state index in [9.17, 15) is 5.11 Å². The molecular formula is C14H16Cl2N2O. The van der Waals surface area contributed by atoms with Crippen LogP contribution in [0.2, 0.25) is 10.2 Å². The molecule has 0 fully saturated rings. The van der Waals surface area contributed by atoms with Crippen molar-refractivity contribution in [2.45, 2.75) is 32.9 Å². The van der Waals surface area contributed by atoms with Crippen LogP contribution < -0.4 is 0 Å². The highest BCUT2D eigenvalue weighted by atomic mass is 35.5. The van der Waals surface area contributed by atoms with E-state index in [1.165, 1.54) is 0 Å². The number of aryl methyl sites for hydroxylation is 1. The van der Waals surface area contributed by atoms with Crippen LogP contribution in [0.15, 0.2) is 24.3 Å². The molecule has 0 radical (unpaired) electrons. The number of aromatic nitrogens is 2. The van der Waals surface area contributed by atoms with Crippen LogP contribution in [-0.4, -0.2) is 14.9 Å². The summed E-state index contributed by atoms with van der Waals surface area (Å²) in [7, 11) is 0. The zero-order valence-corrected chi connectivity index (χ0v) is 12.2. The first kappa shape index (κ1) is 14.4. The Morgan fingerprint density at radius 1 is 1.26 bits per heavy atom. The molecule has 0 spiro atoms. The van der Waals surface area contributed by atoms with Crippen molar-refractivity contribution >= 4 is 23.2 Å². The van der Waals surface area contributed by atoms with Crippen molar-refractivity contribution in [2.24, 2.45) is 0 Å². The standard InChI is InChI=1S/C14H16Cl2N2O/c1-2-5-13-11(9-19)14(16)18(17-13)8-10-6-3-4-7-12(10)15/h3-4,6-7,19H,2,5,8-9H2,1H3. The molecule has 0 atom stereocenters. The lowest BCUT2D eigenvalue weighted by Crippen LogP contribution is -2.03. The molecule has 5 heteroatoms. The zero-order chi connectivity index (χ0) is 13.8. The molecule has 19 heavy (non-hydrogen) atoms. The fourth-order valence-corrected chi connectivity index (χ4v) is 2.47. The van der Waals surface area contributed by atoms with Gasteiger partial charge < -0.3 is 5.11 Å². The van der Waals surface area contributed by atoms with Gasteiger partial charge in [0.1, 0.15) is 5.15 Å². The minimum absolute atomic E-state index is 0.0866. The lowest BCUT2D eigenvalue weighted by Gasteiger charge is -2.05. The summed E-state index contributed by atoms with van der Waals surface area (Å²) in [6, 6.07) is 7.60. The van der Waals surface area contributed by atoms with Crippen molar-refractivity contribution < 1.29 is 5.11 Å². The first-order valence-electron chi connectivity index (χ1n) is 6.25. The molecule has 3 nitrogen and oxygen atoms in total. The molecule has 1 aromatic heterocycles. The van der Waals surface area contributed by atoms with Crippen molar-refractivity contribution in [3.05, 3.63) is 51.3 Å². The molecule has 0 aliphatic carbocycles. The van der Waals surface area contributed by atoms with E-state index in [-0.39, 0.29) is 6.61 Å². The smallest absolute Gasteiger partial charge is 0.133 e. The largest absolute Gasteiger partial charge is 0.391 e. The first-order valence-corrected chi connectivity index (χ1v) is 7.01. The van der Waals surface area contributed by atoms with E-state index in [0.29, 0.717) is 16.7 Å². The van der Waals surface area contributed by atoms with Crippen molar-refractivity contribution in [1.29, 1.82) is 0 Å². The average molecular weight is 299 g/mol. The Bertz CT molecular complexity index is 567. The maximum absolute atomic E-state index is 9.40. The highest BCUT2D eigenvalue weighted by molar-refractivity contribution is 6.31. The third-order valence-electron chi connectivity index (χ3n) is 2.99. The van der Waals surface area contributed by atoms with Crippen LogP contribution in [0.25, 0.3) is 0 Å². The molecule has 0 saturated carbocycles. The van der Waals surface area contributed by atoms with Gasteiger partial charge in [0.05, 0.1) is 18.8 Å². The highest BCUT2D eigenvalue weighted by Gasteiger charge is 2.15. The molecule has 0 bridgehead atoms. The van der Waals surface area contributed by atoms with E-state index in [1.807, 2.05) is 24.3 Å². The quantitative estimate of drug-likeness (QED) is 0.914. The second-order valence-electron chi connectivity index (χ2n) is 4.37. The molecule has 2 aromatic rings. The summed E-state index contributed by atoms with van der Waals surface area (Å²) in [6.45, 7) is 2.49. The van der Waals surface area contributed by atoms with Gasteiger partial charge in [-0.1, -0.05) is 54.7 Å². The number of hydrogen-bond donors (Lipinski definition) is 1. The summed E-state index contributed by atoms with van der Waals surface area (Å²) >= 11 is 12.4. The van der Waals surface area contributed by atoms with Gasteiger partial charge in [0.15, 0.2) is 0 Å². The third kappa shape index (κ3) is 3.11. The van der Waals surface area contributed by atoms with Gasteiger partial charge in [-0.3, -0.25) is 0 Å². The maximum Gasteiger partial charge on any atom is 0.133 e. The first-order chi connectivity index (χ1) is 9.17. The second-order valence-corrected chi connectivity index (χ2v) is 5.14. The Balaban J connectivity index is 2.33. The average Bonchev–Trinajstić information content (AvgIpc) is 2.69. The summed E-state index contributed by atoms with van der Waals surface area (Å²) in [4.78, 5) is 0. The Labute approximate surface area is 122 Å². The van der Waals surface area contributed by atoms with Gasteiger partial charge in [0.25, 0.3) is 0 Å². The van der Waals surface area contributed by atoms with Gasteiger partial charge >= 0.3 is 0 Å². The van der Waals surface area contributed by atoms with Gasteiger partial charge in [0, 0.05) is 10.6 Å². The van der Waals surface area contributed by atoms with Gasteiger partial charge in [-0.05, 0) is 18.1 Å². The van der Waals surface area contributed by atoms with Crippen molar-refractivity contribution in [3.8, 4) is 0 Å². The topological polar surface area (TPSA) is 38.0 Å². The molecule has 0 unspecified atom stereocenters. The number of benzene rings is 1. The minimum Gasteiger partial charge on any atom is -0.391 e. The Morgan fingerprint density at radius 2 is 2.00 bits per heavy atom. The second kappa shape index (κ2) is 6.42. The molecule has 102 valence electrons. The minimum atomic E-state index is -0.0866. The summed E-state index contributed by atoms with van der Waals surface area (Å²) in [6.07, 6.45) is 1.78. The fourth-order valence-electron chi connectivity index (χ4n) is 2.01. The number of halogens is 2. The van der Waals surface area contributed by atoms with Crippen molar-refractivity contribution in [2.75, 3.05) is 0 Å². The molecule has 0 saturated heterocycles. The van der Waals surface area contributed by atoms with E-state index in [2.05, 4.69) is 12.0 Å². The number of nitrogens with zero attached hydrogens (tertiary/aromatic N) is 2. The van der Waals surface area contributed by atoms with Crippen LogP contribution in [0.1, 0.15) is 30.2 Å². The third-order valence-corrected chi connectivity index (χ3v) is 3.78. The lowest BCUT2D eigenvalue weighted by molar-refractivity contribution is 0.280. The van der Waals surface area contributed by atoms with E-state index in [4.69, 9.17) is 23.2 Å². The number of aliphatic hydroxyl groups excluding tert-OH is 1. The predicted molar refractivity (Wildman–Crippen MR) is 77.7 cm³/mol. The van der Waals surface area contributed by atoms with Crippen molar-refractivity contribution in [1.82, 2.24) is 9.78 Å². The molecule has 2 rings (SSSR count). The van der Waals surface area contributed by atoms with Crippen LogP contribution >= 0.6 is 23.2 Å². The highest BCUT2D eigenvalue weighted by Crippen LogP contribution is 2.24. The molecule has 1 heterocycles. The molecule has 1 N–H and O–H groups in total. The van der Waals surface area contributed by atoms with E-state index in [0.717, 1.165) is 29.7 Å². The van der Waals surface area contributed by atoms with Gasteiger partial charge in [-0.25, -0.2) is 4.68 Å².